The summed E-state index contributed by atoms with van der Waals surface area (Å²) in [5.41, 5.74) is 6.44. The molecule has 0 aliphatic heterocycles. The maximum absolute atomic E-state index is 12.8. The van der Waals surface area contributed by atoms with Crippen LogP contribution in [0.2, 0.25) is 0 Å². The molecule has 0 amide bonds. The topological polar surface area (TPSA) is 43.1 Å². The number of hydrogen-bond donors (Lipinski definition) is 0. The summed E-state index contributed by atoms with van der Waals surface area (Å²) in [6.45, 7) is 6.15. The Morgan fingerprint density at radius 1 is 0.697 bits per heavy atom. The quantitative estimate of drug-likeness (QED) is 0.191. The molecule has 3 aromatic heterocycles. The van der Waals surface area contributed by atoms with Crippen LogP contribution in [0.15, 0.2) is 69.9 Å². The average molecular weight is 446 g/mol. The van der Waals surface area contributed by atoms with Crippen LogP contribution in [0.4, 0.5) is 0 Å². The van der Waals surface area contributed by atoms with E-state index in [0.29, 0.717) is 11.0 Å². The van der Waals surface area contributed by atoms with E-state index in [1.54, 1.807) is 0 Å². The number of nitrogens with zero attached hydrogens (tertiary/aromatic N) is 1. The lowest BCUT2D eigenvalue weighted by Crippen LogP contribution is -2.03. The lowest BCUT2D eigenvalue weighted by atomic mass is 9.94. The zero-order valence-corrected chi connectivity index (χ0v) is 19.3. The molecule has 0 saturated carbocycles. The molecule has 0 fully saturated rings. The van der Waals surface area contributed by atoms with Gasteiger partial charge in [-0.2, -0.15) is 0 Å². The van der Waals surface area contributed by atoms with Gasteiger partial charge in [0.25, 0.3) is 0 Å². The van der Waals surface area contributed by atoms with Crippen molar-refractivity contribution in [2.75, 3.05) is 0 Å². The Hall–Kier alpha value is -3.76. The number of aryl methyl sites for hydroxylation is 3. The van der Waals surface area contributed by atoms with Crippen molar-refractivity contribution in [3.63, 3.8) is 0 Å². The Morgan fingerprint density at radius 3 is 2.24 bits per heavy atom. The van der Waals surface area contributed by atoms with E-state index in [0.717, 1.165) is 44.1 Å². The monoisotopic (exact) mass is 445 g/mol. The highest BCUT2D eigenvalue weighted by Gasteiger charge is 2.19. The fourth-order valence-corrected chi connectivity index (χ4v) is 6.22. The van der Waals surface area contributed by atoms with Crippen molar-refractivity contribution >= 4 is 64.2 Å². The second-order valence-corrected chi connectivity index (χ2v) is 10.1. The lowest BCUT2D eigenvalue weighted by molar-refractivity contribution is 0.569. The highest BCUT2D eigenvalue weighted by molar-refractivity contribution is 7.25. The summed E-state index contributed by atoms with van der Waals surface area (Å²) >= 11 is 1.82. The first kappa shape index (κ1) is 18.8. The minimum atomic E-state index is -0.306. The van der Waals surface area contributed by atoms with Crippen LogP contribution in [0.5, 0.6) is 0 Å². The predicted molar refractivity (Wildman–Crippen MR) is 139 cm³/mol. The van der Waals surface area contributed by atoms with E-state index >= 15 is 0 Å². The van der Waals surface area contributed by atoms with Gasteiger partial charge in [-0.3, -0.25) is 0 Å². The SMILES string of the molecule is Cc1cc2oc(=O)c3cc(C)cc4nc(-c5ccc6sc7ccc(C)cc7c6c5)c(c1)c2c43. The maximum Gasteiger partial charge on any atom is 0.344 e. The van der Waals surface area contributed by atoms with Gasteiger partial charge < -0.3 is 4.42 Å². The number of aromatic nitrogens is 1. The summed E-state index contributed by atoms with van der Waals surface area (Å²) in [5, 5.41) is 6.02. The van der Waals surface area contributed by atoms with E-state index in [4.69, 9.17) is 9.40 Å². The van der Waals surface area contributed by atoms with Crippen LogP contribution in [0.1, 0.15) is 16.7 Å². The fourth-order valence-electron chi connectivity index (χ4n) is 5.15. The third-order valence-corrected chi connectivity index (χ3v) is 7.72. The maximum atomic E-state index is 12.8. The van der Waals surface area contributed by atoms with E-state index in [1.165, 1.54) is 25.7 Å². The normalized spacial score (nSPS) is 12.2. The molecule has 3 nitrogen and oxygen atoms in total. The van der Waals surface area contributed by atoms with Crippen LogP contribution < -0.4 is 5.63 Å². The van der Waals surface area contributed by atoms with E-state index in [1.807, 2.05) is 37.3 Å². The van der Waals surface area contributed by atoms with E-state index in [2.05, 4.69) is 55.5 Å². The van der Waals surface area contributed by atoms with Crippen LogP contribution in [0.3, 0.4) is 0 Å². The molecule has 0 atom stereocenters. The Balaban J connectivity index is 1.65. The molecule has 0 N–H and O–H groups in total. The molecule has 0 aliphatic carbocycles. The summed E-state index contributed by atoms with van der Waals surface area (Å²) in [6.07, 6.45) is 0. The molecule has 0 radical (unpaired) electrons. The minimum absolute atomic E-state index is 0.306. The molecule has 158 valence electrons. The van der Waals surface area contributed by atoms with Crippen molar-refractivity contribution in [2.24, 2.45) is 0 Å². The van der Waals surface area contributed by atoms with Crippen LogP contribution in [0.25, 0.3) is 64.1 Å². The van der Waals surface area contributed by atoms with Gasteiger partial charge in [0.2, 0.25) is 0 Å². The first-order valence-electron chi connectivity index (χ1n) is 11.0. The number of thiophene rings is 1. The van der Waals surface area contributed by atoms with Crippen molar-refractivity contribution in [3.05, 3.63) is 87.8 Å². The summed E-state index contributed by atoms with van der Waals surface area (Å²) in [5.74, 6) is 0. The van der Waals surface area contributed by atoms with Gasteiger partial charge in [0.1, 0.15) is 5.58 Å². The van der Waals surface area contributed by atoms with Crippen molar-refractivity contribution in [2.45, 2.75) is 20.8 Å². The number of pyridine rings is 1. The third-order valence-electron chi connectivity index (χ3n) is 6.57. The average Bonchev–Trinajstić information content (AvgIpc) is 3.14. The van der Waals surface area contributed by atoms with E-state index < -0.39 is 0 Å². The molecule has 4 aromatic carbocycles. The van der Waals surface area contributed by atoms with Crippen molar-refractivity contribution in [1.82, 2.24) is 4.98 Å². The molecule has 3 heterocycles. The van der Waals surface area contributed by atoms with Gasteiger partial charge >= 0.3 is 5.63 Å². The molecule has 0 spiro atoms. The standard InChI is InChI=1S/C29H19NO2S/c1-14-4-6-24-18(8-14)19-13-17(5-7-25(19)33-24)28-20-9-16(3)12-23-27(20)26-21(29(31)32-23)10-15(2)11-22(26)30-28/h4-13H,1-3H3. The van der Waals surface area contributed by atoms with Crippen LogP contribution in [0, 0.1) is 20.8 Å². The van der Waals surface area contributed by atoms with Crippen LogP contribution >= 0.6 is 11.3 Å². The van der Waals surface area contributed by atoms with Gasteiger partial charge in [0.05, 0.1) is 16.6 Å². The Bertz CT molecular complexity index is 1980. The lowest BCUT2D eigenvalue weighted by Gasteiger charge is -2.14. The smallest absolute Gasteiger partial charge is 0.344 e. The Kier molecular flexibility index (Phi) is 3.64. The molecule has 0 aliphatic rings. The van der Waals surface area contributed by atoms with Gasteiger partial charge in [0.15, 0.2) is 0 Å². The highest BCUT2D eigenvalue weighted by Crippen LogP contribution is 2.41. The van der Waals surface area contributed by atoms with Gasteiger partial charge in [-0.25, -0.2) is 9.78 Å². The summed E-state index contributed by atoms with van der Waals surface area (Å²) < 4.78 is 8.35. The number of rotatable bonds is 1. The molecular formula is C29H19NO2S. The molecule has 0 unspecified atom stereocenters. The van der Waals surface area contributed by atoms with Crippen LogP contribution in [-0.4, -0.2) is 4.98 Å². The largest absolute Gasteiger partial charge is 0.422 e. The molecular weight excluding hydrogens is 426 g/mol. The Labute approximate surface area is 193 Å². The molecule has 0 bridgehead atoms. The number of fused-ring (bicyclic) bond motifs is 3. The summed E-state index contributed by atoms with van der Waals surface area (Å²) in [7, 11) is 0. The summed E-state index contributed by atoms with van der Waals surface area (Å²) in [6, 6.07) is 21.3. The van der Waals surface area contributed by atoms with Crippen molar-refractivity contribution < 1.29 is 4.42 Å². The van der Waals surface area contributed by atoms with Gasteiger partial charge in [-0.05, 0) is 80.4 Å². The first-order valence-corrected chi connectivity index (χ1v) is 11.8. The second kappa shape index (κ2) is 6.40. The predicted octanol–water partition coefficient (Wildman–Crippen LogP) is 7.89. The zero-order valence-electron chi connectivity index (χ0n) is 18.4. The fraction of sp³-hybridized carbons (Fsp3) is 0.103. The second-order valence-electron chi connectivity index (χ2n) is 9.05. The Morgan fingerprint density at radius 2 is 1.39 bits per heavy atom. The van der Waals surface area contributed by atoms with E-state index in [9.17, 15) is 4.79 Å². The minimum Gasteiger partial charge on any atom is -0.422 e. The van der Waals surface area contributed by atoms with Crippen molar-refractivity contribution in [3.8, 4) is 11.3 Å². The van der Waals surface area contributed by atoms with Crippen molar-refractivity contribution in [1.29, 1.82) is 0 Å². The zero-order chi connectivity index (χ0) is 22.4. The van der Waals surface area contributed by atoms with Gasteiger partial charge in [-0.15, -0.1) is 11.3 Å². The molecule has 7 rings (SSSR count). The van der Waals surface area contributed by atoms with Crippen LogP contribution in [-0.2, 0) is 0 Å². The first-order chi connectivity index (χ1) is 16.0. The number of hydrogen-bond acceptors (Lipinski definition) is 4. The highest BCUT2D eigenvalue weighted by atomic mass is 32.1. The molecule has 7 aromatic rings. The third kappa shape index (κ3) is 2.61. The van der Waals surface area contributed by atoms with Gasteiger partial charge in [0, 0.05) is 41.9 Å². The summed E-state index contributed by atoms with van der Waals surface area (Å²) in [4.78, 5) is 17.9. The molecule has 0 saturated heterocycles. The van der Waals surface area contributed by atoms with Gasteiger partial charge in [-0.1, -0.05) is 17.7 Å². The molecule has 4 heteroatoms. The number of benzene rings is 4. The molecule has 33 heavy (non-hydrogen) atoms. The van der Waals surface area contributed by atoms with E-state index in [-0.39, 0.29) is 5.63 Å².